The van der Waals surface area contributed by atoms with Crippen LogP contribution in [0.15, 0.2) is 36.4 Å². The van der Waals surface area contributed by atoms with Gasteiger partial charge in [0.05, 0.1) is 12.2 Å². The van der Waals surface area contributed by atoms with Crippen molar-refractivity contribution in [3.8, 4) is 0 Å². The van der Waals surface area contributed by atoms with Crippen LogP contribution in [0.2, 0.25) is 0 Å². The van der Waals surface area contributed by atoms with Gasteiger partial charge in [-0.05, 0) is 12.5 Å². The van der Waals surface area contributed by atoms with Crippen molar-refractivity contribution < 1.29 is 4.79 Å². The number of carbonyl (C=O) groups excluding carboxylic acids is 1. The minimum Gasteiger partial charge on any atom is -0.370 e. The third kappa shape index (κ3) is 4.14. The van der Waals surface area contributed by atoms with E-state index in [1.54, 1.807) is 4.90 Å². The largest absolute Gasteiger partial charge is 0.370 e. The van der Waals surface area contributed by atoms with Gasteiger partial charge >= 0.3 is 0 Å². The molecule has 6 heteroatoms. The molecule has 2 N–H and O–H groups in total. The smallest absolute Gasteiger partial charge is 0.236 e. The molecule has 1 amide bonds. The maximum Gasteiger partial charge on any atom is 0.236 e. The Morgan fingerprint density at radius 2 is 2.21 bits per heavy atom. The molecule has 1 aliphatic heterocycles. The molecule has 128 valence electrons. The Kier molecular flexibility index (Phi) is 5.15. The second-order valence-electron chi connectivity index (χ2n) is 6.47. The van der Waals surface area contributed by atoms with Gasteiger partial charge in [-0.3, -0.25) is 4.79 Å². The molecule has 24 heavy (non-hydrogen) atoms. The minimum absolute atomic E-state index is 0.109. The lowest BCUT2D eigenvalue weighted by Crippen LogP contribution is -2.40. The van der Waals surface area contributed by atoms with Gasteiger partial charge in [-0.2, -0.15) is 5.10 Å². The Labute approximate surface area is 142 Å². The quantitative estimate of drug-likeness (QED) is 0.844. The van der Waals surface area contributed by atoms with Crippen LogP contribution < -0.4 is 10.6 Å². The second-order valence-corrected chi connectivity index (χ2v) is 6.47. The molecule has 0 spiro atoms. The molecule has 2 heterocycles. The number of fused-ring (bicyclic) bond motifs is 1. The van der Waals surface area contributed by atoms with Crippen LogP contribution in [0, 0.1) is 12.8 Å². The molecular formula is C18H25N5O. The summed E-state index contributed by atoms with van der Waals surface area (Å²) >= 11 is 0. The highest BCUT2D eigenvalue weighted by atomic mass is 16.2. The van der Waals surface area contributed by atoms with Crippen LogP contribution in [0.1, 0.15) is 11.3 Å². The van der Waals surface area contributed by atoms with Gasteiger partial charge in [0.2, 0.25) is 5.91 Å². The third-order valence-corrected chi connectivity index (χ3v) is 4.30. The molecule has 3 rings (SSSR count). The topological polar surface area (TPSA) is 62.2 Å². The van der Waals surface area contributed by atoms with Gasteiger partial charge in [0, 0.05) is 45.2 Å². The Morgan fingerprint density at radius 3 is 3.00 bits per heavy atom. The number of likely N-dealkylation sites (N-methyl/N-ethyl adjacent to an activating group) is 1. The van der Waals surface area contributed by atoms with Crippen LogP contribution in [0.25, 0.3) is 0 Å². The molecule has 0 fully saturated rings. The summed E-state index contributed by atoms with van der Waals surface area (Å²) in [5.74, 6) is 1.63. The third-order valence-electron chi connectivity index (χ3n) is 4.30. The van der Waals surface area contributed by atoms with E-state index in [-0.39, 0.29) is 5.91 Å². The molecule has 1 aliphatic rings. The summed E-state index contributed by atoms with van der Waals surface area (Å²) in [5, 5.41) is 11.1. The monoisotopic (exact) mass is 327 g/mol. The molecular weight excluding hydrogens is 302 g/mol. The Balaban J connectivity index is 1.41. The summed E-state index contributed by atoms with van der Waals surface area (Å²) in [6.07, 6.45) is 0. The lowest BCUT2D eigenvalue weighted by Gasteiger charge is -2.25. The summed E-state index contributed by atoms with van der Waals surface area (Å²) in [4.78, 5) is 14.0. The molecule has 1 aromatic heterocycles. The number of anilines is 1. The van der Waals surface area contributed by atoms with E-state index >= 15 is 0 Å². The number of aryl methyl sites for hydroxylation is 1. The van der Waals surface area contributed by atoms with E-state index in [1.165, 1.54) is 0 Å². The van der Waals surface area contributed by atoms with Crippen LogP contribution in [0.4, 0.5) is 5.82 Å². The van der Waals surface area contributed by atoms with Gasteiger partial charge < -0.3 is 15.5 Å². The summed E-state index contributed by atoms with van der Waals surface area (Å²) in [7, 11) is 1.85. The van der Waals surface area contributed by atoms with Gasteiger partial charge in [0.25, 0.3) is 0 Å². The number of hydrogen-bond acceptors (Lipinski definition) is 4. The van der Waals surface area contributed by atoms with Crippen molar-refractivity contribution in [2.45, 2.75) is 20.0 Å². The standard InChI is InChI=1S/C18H25N5O/c1-14-8-17-20-10-16(13-23(17)21-14)9-19-11-18(24)22(2)12-15-6-4-3-5-7-15/h3-8,16,19-20H,9-13H2,1-2H3/t16-/m1/s1. The van der Waals surface area contributed by atoms with E-state index in [4.69, 9.17) is 0 Å². The van der Waals surface area contributed by atoms with Crippen molar-refractivity contribution in [1.82, 2.24) is 20.0 Å². The van der Waals surface area contributed by atoms with Crippen LogP contribution in [-0.2, 0) is 17.9 Å². The minimum atomic E-state index is 0.109. The molecule has 0 saturated heterocycles. The Bertz CT molecular complexity index is 682. The molecule has 0 aliphatic carbocycles. The van der Waals surface area contributed by atoms with Crippen molar-refractivity contribution in [3.63, 3.8) is 0 Å². The maximum absolute atomic E-state index is 12.2. The summed E-state index contributed by atoms with van der Waals surface area (Å²) in [5.41, 5.74) is 2.18. The van der Waals surface area contributed by atoms with Crippen LogP contribution >= 0.6 is 0 Å². The van der Waals surface area contributed by atoms with Crippen LogP contribution in [0.3, 0.4) is 0 Å². The first-order chi connectivity index (χ1) is 11.6. The van der Waals surface area contributed by atoms with Gasteiger partial charge in [0.1, 0.15) is 5.82 Å². The fourth-order valence-corrected chi connectivity index (χ4v) is 2.99. The first-order valence-electron chi connectivity index (χ1n) is 8.39. The highest BCUT2D eigenvalue weighted by molar-refractivity contribution is 5.77. The number of nitrogens with one attached hydrogen (secondary N) is 2. The average Bonchev–Trinajstić information content (AvgIpc) is 2.95. The zero-order chi connectivity index (χ0) is 16.9. The van der Waals surface area contributed by atoms with E-state index in [0.717, 1.165) is 36.7 Å². The summed E-state index contributed by atoms with van der Waals surface area (Å²) in [6, 6.07) is 12.1. The Hall–Kier alpha value is -2.34. The van der Waals surface area contributed by atoms with Gasteiger partial charge in [-0.25, -0.2) is 4.68 Å². The van der Waals surface area contributed by atoms with Gasteiger partial charge in [-0.15, -0.1) is 0 Å². The van der Waals surface area contributed by atoms with Gasteiger partial charge in [0.15, 0.2) is 0 Å². The van der Waals surface area contributed by atoms with Gasteiger partial charge in [-0.1, -0.05) is 30.3 Å². The normalized spacial score (nSPS) is 16.3. The first kappa shape index (κ1) is 16.5. The molecule has 0 unspecified atom stereocenters. The number of aromatic nitrogens is 2. The SMILES string of the molecule is Cc1cc2n(n1)C[C@H](CNCC(=O)N(C)Cc1ccccc1)CN2. The second kappa shape index (κ2) is 7.49. The molecule has 1 aromatic carbocycles. The number of nitrogens with zero attached hydrogens (tertiary/aromatic N) is 3. The number of rotatable bonds is 6. The maximum atomic E-state index is 12.2. The van der Waals surface area contributed by atoms with E-state index in [1.807, 2.05) is 49.0 Å². The lowest BCUT2D eigenvalue weighted by atomic mass is 10.1. The lowest BCUT2D eigenvalue weighted by molar-refractivity contribution is -0.129. The molecule has 6 nitrogen and oxygen atoms in total. The average molecular weight is 327 g/mol. The number of benzene rings is 1. The zero-order valence-electron chi connectivity index (χ0n) is 14.3. The van der Waals surface area contributed by atoms with Crippen molar-refractivity contribution in [2.24, 2.45) is 5.92 Å². The summed E-state index contributed by atoms with van der Waals surface area (Å²) in [6.45, 7) is 5.61. The fraction of sp³-hybridized carbons (Fsp3) is 0.444. The van der Waals surface area contributed by atoms with Crippen molar-refractivity contribution in [2.75, 3.05) is 32.0 Å². The highest BCUT2D eigenvalue weighted by Gasteiger charge is 2.19. The van der Waals surface area contributed by atoms with Crippen molar-refractivity contribution in [1.29, 1.82) is 0 Å². The fourth-order valence-electron chi connectivity index (χ4n) is 2.99. The van der Waals surface area contributed by atoms with E-state index in [9.17, 15) is 4.79 Å². The van der Waals surface area contributed by atoms with E-state index in [0.29, 0.717) is 19.0 Å². The number of amides is 1. The predicted octanol–water partition coefficient (Wildman–Crippen LogP) is 1.48. The van der Waals surface area contributed by atoms with E-state index < -0.39 is 0 Å². The highest BCUT2D eigenvalue weighted by Crippen LogP contribution is 2.17. The number of hydrogen-bond donors (Lipinski definition) is 2. The van der Waals surface area contributed by atoms with Crippen LogP contribution in [-0.4, -0.2) is 47.3 Å². The first-order valence-corrected chi connectivity index (χ1v) is 8.39. The molecule has 1 atom stereocenters. The zero-order valence-corrected chi connectivity index (χ0v) is 14.3. The van der Waals surface area contributed by atoms with Crippen molar-refractivity contribution >= 4 is 11.7 Å². The molecule has 2 aromatic rings. The molecule has 0 saturated carbocycles. The number of carbonyl (C=O) groups is 1. The molecule has 0 bridgehead atoms. The predicted molar refractivity (Wildman–Crippen MR) is 94.7 cm³/mol. The van der Waals surface area contributed by atoms with Crippen molar-refractivity contribution in [3.05, 3.63) is 47.7 Å². The van der Waals surface area contributed by atoms with Crippen LogP contribution in [0.5, 0.6) is 0 Å². The summed E-state index contributed by atoms with van der Waals surface area (Å²) < 4.78 is 2.01. The Morgan fingerprint density at radius 1 is 1.42 bits per heavy atom. The molecule has 0 radical (unpaired) electrons. The van der Waals surface area contributed by atoms with E-state index in [2.05, 4.69) is 21.8 Å².